The van der Waals surface area contributed by atoms with Crippen molar-refractivity contribution in [3.8, 4) is 0 Å². The topological polar surface area (TPSA) is 63.3 Å². The van der Waals surface area contributed by atoms with E-state index >= 15 is 0 Å². The van der Waals surface area contributed by atoms with Crippen molar-refractivity contribution in [1.82, 2.24) is 5.16 Å². The molecule has 2 aromatic rings. The molecular formula is C11H11NO3S2. The summed E-state index contributed by atoms with van der Waals surface area (Å²) in [6.45, 7) is 3.79. The van der Waals surface area contributed by atoms with Gasteiger partial charge in [0.15, 0.2) is 0 Å². The van der Waals surface area contributed by atoms with Crippen molar-refractivity contribution in [2.45, 2.75) is 24.5 Å². The Balaban J connectivity index is 2.05. The Morgan fingerprint density at radius 2 is 2.35 bits per heavy atom. The summed E-state index contributed by atoms with van der Waals surface area (Å²) < 4.78 is 5.07. The number of hydrogen-bond acceptors (Lipinski definition) is 5. The Morgan fingerprint density at radius 1 is 1.59 bits per heavy atom. The van der Waals surface area contributed by atoms with Gasteiger partial charge in [-0.05, 0) is 19.9 Å². The Kier molecular flexibility index (Phi) is 3.54. The molecule has 4 nitrogen and oxygen atoms in total. The van der Waals surface area contributed by atoms with Gasteiger partial charge >= 0.3 is 5.97 Å². The van der Waals surface area contributed by atoms with Gasteiger partial charge < -0.3 is 9.63 Å². The number of thiophene rings is 1. The molecule has 1 N–H and O–H groups in total. The van der Waals surface area contributed by atoms with E-state index < -0.39 is 5.97 Å². The van der Waals surface area contributed by atoms with Crippen LogP contribution in [0.5, 0.6) is 0 Å². The van der Waals surface area contributed by atoms with Gasteiger partial charge in [0.2, 0.25) is 0 Å². The van der Waals surface area contributed by atoms with Crippen molar-refractivity contribution in [3.05, 3.63) is 33.3 Å². The van der Waals surface area contributed by atoms with Crippen molar-refractivity contribution >= 4 is 29.1 Å². The SMILES string of the molecule is Cc1noc(C)c1CSc1csc(C(=O)O)c1. The number of hydrogen-bond donors (Lipinski definition) is 1. The number of thioether (sulfide) groups is 1. The molecule has 0 aliphatic rings. The third-order valence-electron chi connectivity index (χ3n) is 2.35. The van der Waals surface area contributed by atoms with Crippen LogP contribution < -0.4 is 0 Å². The highest BCUT2D eigenvalue weighted by Gasteiger charge is 2.11. The standard InChI is InChI=1S/C11H11NO3S2/c1-6-9(7(2)15-12-6)5-16-8-3-10(11(13)14)17-4-8/h3-4H,5H2,1-2H3,(H,13,14). The van der Waals surface area contributed by atoms with E-state index in [9.17, 15) is 4.79 Å². The van der Waals surface area contributed by atoms with E-state index in [4.69, 9.17) is 9.63 Å². The number of carbonyl (C=O) groups is 1. The van der Waals surface area contributed by atoms with E-state index in [1.807, 2.05) is 19.2 Å². The summed E-state index contributed by atoms with van der Waals surface area (Å²) in [5.74, 6) is 0.694. The zero-order valence-corrected chi connectivity index (χ0v) is 11.0. The Bertz CT molecular complexity index is 525. The molecule has 0 fully saturated rings. The molecule has 17 heavy (non-hydrogen) atoms. The lowest BCUT2D eigenvalue weighted by atomic mass is 10.2. The van der Waals surface area contributed by atoms with Crippen LogP contribution in [0.4, 0.5) is 0 Å². The lowest BCUT2D eigenvalue weighted by Gasteiger charge is -1.97. The molecule has 0 aliphatic carbocycles. The molecule has 0 bridgehead atoms. The molecule has 0 atom stereocenters. The van der Waals surface area contributed by atoms with Crippen molar-refractivity contribution in [2.75, 3.05) is 0 Å². The second-order valence-corrected chi connectivity index (χ2v) is 5.50. The molecule has 2 aromatic heterocycles. The molecule has 0 amide bonds. The van der Waals surface area contributed by atoms with Gasteiger partial charge in [-0.1, -0.05) is 5.16 Å². The highest BCUT2D eigenvalue weighted by atomic mass is 32.2. The molecule has 0 saturated carbocycles. The van der Waals surface area contributed by atoms with Gasteiger partial charge in [0.1, 0.15) is 10.6 Å². The lowest BCUT2D eigenvalue weighted by molar-refractivity contribution is 0.0702. The molecule has 0 radical (unpaired) electrons. The highest BCUT2D eigenvalue weighted by molar-refractivity contribution is 7.98. The predicted molar refractivity (Wildman–Crippen MR) is 66.8 cm³/mol. The van der Waals surface area contributed by atoms with Gasteiger partial charge in [0.25, 0.3) is 0 Å². The summed E-state index contributed by atoms with van der Waals surface area (Å²) >= 11 is 2.84. The minimum atomic E-state index is -0.876. The van der Waals surface area contributed by atoms with Gasteiger partial charge in [-0.25, -0.2) is 4.79 Å². The van der Waals surface area contributed by atoms with Crippen LogP contribution >= 0.6 is 23.1 Å². The van der Waals surface area contributed by atoms with Crippen LogP contribution in [-0.2, 0) is 5.75 Å². The first-order valence-corrected chi connectivity index (χ1v) is 6.81. The first-order chi connectivity index (χ1) is 8.08. The Hall–Kier alpha value is -1.27. The fourth-order valence-electron chi connectivity index (χ4n) is 1.37. The quantitative estimate of drug-likeness (QED) is 0.862. The van der Waals surface area contributed by atoms with Crippen LogP contribution in [0, 0.1) is 13.8 Å². The van der Waals surface area contributed by atoms with Crippen molar-refractivity contribution < 1.29 is 14.4 Å². The fraction of sp³-hybridized carbons (Fsp3) is 0.273. The molecule has 2 rings (SSSR count). The maximum absolute atomic E-state index is 10.7. The Morgan fingerprint density at radius 3 is 2.88 bits per heavy atom. The molecule has 0 spiro atoms. The minimum absolute atomic E-state index is 0.367. The number of nitrogens with zero attached hydrogens (tertiary/aromatic N) is 1. The van der Waals surface area contributed by atoms with Crippen LogP contribution in [0.2, 0.25) is 0 Å². The largest absolute Gasteiger partial charge is 0.477 e. The maximum atomic E-state index is 10.7. The zero-order valence-electron chi connectivity index (χ0n) is 9.39. The van der Waals surface area contributed by atoms with Gasteiger partial charge in [-0.3, -0.25) is 0 Å². The normalized spacial score (nSPS) is 10.7. The first-order valence-electron chi connectivity index (χ1n) is 4.94. The zero-order chi connectivity index (χ0) is 12.4. The van der Waals surface area contributed by atoms with Crippen LogP contribution in [0.3, 0.4) is 0 Å². The van der Waals surface area contributed by atoms with E-state index in [1.54, 1.807) is 17.8 Å². The van der Waals surface area contributed by atoms with E-state index in [0.29, 0.717) is 4.88 Å². The number of carboxylic acids is 1. The third-order valence-corrected chi connectivity index (χ3v) is 4.42. The van der Waals surface area contributed by atoms with Crippen LogP contribution in [0.1, 0.15) is 26.7 Å². The van der Waals surface area contributed by atoms with Gasteiger partial charge in [-0.2, -0.15) is 0 Å². The summed E-state index contributed by atoms with van der Waals surface area (Å²) in [7, 11) is 0. The number of aryl methyl sites for hydroxylation is 2. The van der Waals surface area contributed by atoms with E-state index in [0.717, 1.165) is 27.7 Å². The summed E-state index contributed by atoms with van der Waals surface area (Å²) in [6, 6.07) is 1.69. The first kappa shape index (κ1) is 12.2. The smallest absolute Gasteiger partial charge is 0.345 e. The van der Waals surface area contributed by atoms with E-state index in [1.165, 1.54) is 11.3 Å². The molecule has 0 saturated heterocycles. The summed E-state index contributed by atoms with van der Waals surface area (Å²) in [5.41, 5.74) is 1.97. The van der Waals surface area contributed by atoms with Gasteiger partial charge in [0, 0.05) is 21.6 Å². The van der Waals surface area contributed by atoms with Crippen LogP contribution in [0.15, 0.2) is 20.9 Å². The second-order valence-electron chi connectivity index (χ2n) is 3.54. The molecular weight excluding hydrogens is 258 g/mol. The minimum Gasteiger partial charge on any atom is -0.477 e. The average molecular weight is 269 g/mol. The second kappa shape index (κ2) is 4.93. The average Bonchev–Trinajstić information content (AvgIpc) is 2.85. The molecule has 0 aromatic carbocycles. The molecule has 6 heteroatoms. The summed E-state index contributed by atoms with van der Waals surface area (Å²) in [6.07, 6.45) is 0. The fourth-order valence-corrected chi connectivity index (χ4v) is 3.39. The van der Waals surface area contributed by atoms with E-state index in [2.05, 4.69) is 5.16 Å². The lowest BCUT2D eigenvalue weighted by Crippen LogP contribution is -1.90. The van der Waals surface area contributed by atoms with Gasteiger partial charge in [0.05, 0.1) is 5.69 Å². The van der Waals surface area contributed by atoms with E-state index in [-0.39, 0.29) is 0 Å². The number of carboxylic acid groups (broad SMARTS) is 1. The number of aromatic nitrogens is 1. The summed E-state index contributed by atoms with van der Waals surface area (Å²) in [4.78, 5) is 12.1. The number of rotatable bonds is 4. The van der Waals surface area contributed by atoms with Crippen molar-refractivity contribution in [3.63, 3.8) is 0 Å². The molecule has 0 aliphatic heterocycles. The van der Waals surface area contributed by atoms with Gasteiger partial charge in [-0.15, -0.1) is 23.1 Å². The van der Waals surface area contributed by atoms with Crippen LogP contribution in [-0.4, -0.2) is 16.2 Å². The predicted octanol–water partition coefficient (Wildman–Crippen LogP) is 3.34. The van der Waals surface area contributed by atoms with Crippen LogP contribution in [0.25, 0.3) is 0 Å². The molecule has 0 unspecified atom stereocenters. The third kappa shape index (κ3) is 2.70. The van der Waals surface area contributed by atoms with Crippen molar-refractivity contribution in [1.29, 1.82) is 0 Å². The monoisotopic (exact) mass is 269 g/mol. The summed E-state index contributed by atoms with van der Waals surface area (Å²) in [5, 5.41) is 14.6. The Labute approximate surface area is 107 Å². The molecule has 2 heterocycles. The molecule has 90 valence electrons. The maximum Gasteiger partial charge on any atom is 0.345 e. The number of aromatic carboxylic acids is 1. The van der Waals surface area contributed by atoms with Crippen molar-refractivity contribution in [2.24, 2.45) is 0 Å². The highest BCUT2D eigenvalue weighted by Crippen LogP contribution is 2.29.